The maximum atomic E-state index is 5.63. The Labute approximate surface area is 109 Å². The Kier molecular flexibility index (Phi) is 5.34. The topological polar surface area (TPSA) is 30.5 Å². The highest BCUT2D eigenvalue weighted by Gasteiger charge is 2.13. The average molecular weight is 249 g/mol. The molecule has 1 aromatic carbocycles. The van der Waals surface area contributed by atoms with Crippen LogP contribution in [-0.4, -0.2) is 26.4 Å². The zero-order valence-corrected chi connectivity index (χ0v) is 11.2. The molecular formula is C15H23NO2. The number of hydrogen-bond donors (Lipinski definition) is 1. The van der Waals surface area contributed by atoms with Crippen LogP contribution < -0.4 is 10.1 Å². The van der Waals surface area contributed by atoms with Gasteiger partial charge in [-0.15, -0.1) is 0 Å². The van der Waals surface area contributed by atoms with Gasteiger partial charge >= 0.3 is 0 Å². The van der Waals surface area contributed by atoms with E-state index in [1.807, 2.05) is 12.1 Å². The Hall–Kier alpha value is -1.22. The first kappa shape index (κ1) is 13.2. The highest BCUT2D eigenvalue weighted by molar-refractivity contribution is 5.48. The molecule has 0 bridgehead atoms. The van der Waals surface area contributed by atoms with Crippen molar-refractivity contribution in [2.24, 2.45) is 5.92 Å². The van der Waals surface area contributed by atoms with Crippen molar-refractivity contribution in [3.05, 3.63) is 24.3 Å². The third-order valence-corrected chi connectivity index (χ3v) is 3.24. The number of rotatable bonds is 6. The third-order valence-electron chi connectivity index (χ3n) is 3.24. The van der Waals surface area contributed by atoms with E-state index in [4.69, 9.17) is 9.47 Å². The van der Waals surface area contributed by atoms with E-state index in [1.54, 1.807) is 0 Å². The molecule has 1 saturated heterocycles. The zero-order chi connectivity index (χ0) is 12.6. The van der Waals surface area contributed by atoms with Crippen LogP contribution in [0.15, 0.2) is 24.3 Å². The number of nitrogens with one attached hydrogen (secondary N) is 1. The van der Waals surface area contributed by atoms with Gasteiger partial charge in [0.1, 0.15) is 5.75 Å². The molecule has 0 amide bonds. The standard InChI is InChI=1S/C15H23NO2/c1-2-8-18-15-5-3-4-14(11-15)16-12-13-6-9-17-10-7-13/h3-5,11,13,16H,2,6-10,12H2,1H3. The van der Waals surface area contributed by atoms with Crippen molar-refractivity contribution in [3.8, 4) is 5.75 Å². The Bertz CT molecular complexity index is 348. The fourth-order valence-corrected chi connectivity index (χ4v) is 2.13. The van der Waals surface area contributed by atoms with Gasteiger partial charge in [-0.25, -0.2) is 0 Å². The molecule has 100 valence electrons. The maximum Gasteiger partial charge on any atom is 0.121 e. The van der Waals surface area contributed by atoms with Crippen molar-refractivity contribution in [1.29, 1.82) is 0 Å². The fraction of sp³-hybridized carbons (Fsp3) is 0.600. The number of ether oxygens (including phenoxy) is 2. The number of benzene rings is 1. The molecule has 1 fully saturated rings. The van der Waals surface area contributed by atoms with Crippen LogP contribution in [0.3, 0.4) is 0 Å². The molecule has 0 spiro atoms. The minimum atomic E-state index is 0.735. The van der Waals surface area contributed by atoms with Gasteiger partial charge in [0.15, 0.2) is 0 Å². The summed E-state index contributed by atoms with van der Waals surface area (Å²) in [5.74, 6) is 1.69. The Morgan fingerprint density at radius 1 is 1.33 bits per heavy atom. The van der Waals surface area contributed by atoms with Gasteiger partial charge in [-0.2, -0.15) is 0 Å². The average Bonchev–Trinajstić information content (AvgIpc) is 2.44. The van der Waals surface area contributed by atoms with E-state index < -0.39 is 0 Å². The Balaban J connectivity index is 1.80. The van der Waals surface area contributed by atoms with Gasteiger partial charge in [0.2, 0.25) is 0 Å². The summed E-state index contributed by atoms with van der Waals surface area (Å²) < 4.78 is 11.0. The van der Waals surface area contributed by atoms with E-state index in [0.717, 1.165) is 50.1 Å². The van der Waals surface area contributed by atoms with Gasteiger partial charge in [-0.3, -0.25) is 0 Å². The molecule has 1 heterocycles. The van der Waals surface area contributed by atoms with Crippen molar-refractivity contribution >= 4 is 5.69 Å². The van der Waals surface area contributed by atoms with Crippen molar-refractivity contribution in [3.63, 3.8) is 0 Å². The van der Waals surface area contributed by atoms with Crippen LogP contribution in [-0.2, 0) is 4.74 Å². The van der Waals surface area contributed by atoms with Gasteiger partial charge in [-0.1, -0.05) is 13.0 Å². The molecule has 0 unspecified atom stereocenters. The molecule has 0 aliphatic carbocycles. The summed E-state index contributed by atoms with van der Waals surface area (Å²) in [4.78, 5) is 0. The molecule has 0 aromatic heterocycles. The monoisotopic (exact) mass is 249 g/mol. The predicted octanol–water partition coefficient (Wildman–Crippen LogP) is 3.31. The molecule has 1 aliphatic rings. The minimum absolute atomic E-state index is 0.735. The van der Waals surface area contributed by atoms with Crippen molar-refractivity contribution in [2.75, 3.05) is 31.7 Å². The van der Waals surface area contributed by atoms with Gasteiger partial charge in [-0.05, 0) is 37.3 Å². The molecule has 18 heavy (non-hydrogen) atoms. The van der Waals surface area contributed by atoms with Crippen LogP contribution in [0.25, 0.3) is 0 Å². The van der Waals surface area contributed by atoms with Crippen LogP contribution in [0.2, 0.25) is 0 Å². The lowest BCUT2D eigenvalue weighted by molar-refractivity contribution is 0.0699. The van der Waals surface area contributed by atoms with Crippen LogP contribution in [0.4, 0.5) is 5.69 Å². The Morgan fingerprint density at radius 3 is 2.94 bits per heavy atom. The first-order valence-corrected chi connectivity index (χ1v) is 6.93. The highest BCUT2D eigenvalue weighted by Crippen LogP contribution is 2.20. The van der Waals surface area contributed by atoms with Gasteiger partial charge in [0, 0.05) is 31.5 Å². The Morgan fingerprint density at radius 2 is 2.17 bits per heavy atom. The van der Waals surface area contributed by atoms with Crippen LogP contribution in [0.5, 0.6) is 5.75 Å². The first-order valence-electron chi connectivity index (χ1n) is 6.93. The molecule has 1 aromatic rings. The zero-order valence-electron chi connectivity index (χ0n) is 11.2. The quantitative estimate of drug-likeness (QED) is 0.839. The molecule has 0 radical (unpaired) electrons. The van der Waals surface area contributed by atoms with Crippen molar-refractivity contribution in [1.82, 2.24) is 0 Å². The van der Waals surface area contributed by atoms with E-state index in [9.17, 15) is 0 Å². The third kappa shape index (κ3) is 4.22. The fourth-order valence-electron chi connectivity index (χ4n) is 2.13. The second kappa shape index (κ2) is 7.27. The molecule has 0 saturated carbocycles. The second-order valence-electron chi connectivity index (χ2n) is 4.81. The minimum Gasteiger partial charge on any atom is -0.494 e. The lowest BCUT2D eigenvalue weighted by atomic mass is 10.0. The summed E-state index contributed by atoms with van der Waals surface area (Å²) >= 11 is 0. The maximum absolute atomic E-state index is 5.63. The largest absolute Gasteiger partial charge is 0.494 e. The summed E-state index contributed by atoms with van der Waals surface area (Å²) in [6.45, 7) is 5.75. The summed E-state index contributed by atoms with van der Waals surface area (Å²) in [7, 11) is 0. The molecule has 1 aliphatic heterocycles. The van der Waals surface area contributed by atoms with Gasteiger partial charge in [0.05, 0.1) is 6.61 Å². The van der Waals surface area contributed by atoms with E-state index in [0.29, 0.717) is 0 Å². The van der Waals surface area contributed by atoms with Crippen LogP contribution in [0.1, 0.15) is 26.2 Å². The molecule has 1 N–H and O–H groups in total. The molecule has 2 rings (SSSR count). The van der Waals surface area contributed by atoms with E-state index in [2.05, 4.69) is 24.4 Å². The smallest absolute Gasteiger partial charge is 0.121 e. The molecular weight excluding hydrogens is 226 g/mol. The summed E-state index contributed by atoms with van der Waals surface area (Å²) in [5, 5.41) is 3.50. The van der Waals surface area contributed by atoms with Crippen molar-refractivity contribution < 1.29 is 9.47 Å². The van der Waals surface area contributed by atoms with Crippen LogP contribution >= 0.6 is 0 Å². The summed E-state index contributed by atoms with van der Waals surface area (Å²) in [5.41, 5.74) is 1.15. The molecule has 3 heteroatoms. The van der Waals surface area contributed by atoms with Crippen LogP contribution in [0, 0.1) is 5.92 Å². The van der Waals surface area contributed by atoms with E-state index >= 15 is 0 Å². The highest BCUT2D eigenvalue weighted by atomic mass is 16.5. The van der Waals surface area contributed by atoms with Gasteiger partial charge < -0.3 is 14.8 Å². The van der Waals surface area contributed by atoms with E-state index in [1.165, 1.54) is 12.8 Å². The summed E-state index contributed by atoms with van der Waals surface area (Å²) in [6, 6.07) is 8.22. The molecule has 3 nitrogen and oxygen atoms in total. The second-order valence-corrected chi connectivity index (χ2v) is 4.81. The SMILES string of the molecule is CCCOc1cccc(NCC2CCOCC2)c1. The molecule has 0 atom stereocenters. The van der Waals surface area contributed by atoms with Crippen molar-refractivity contribution in [2.45, 2.75) is 26.2 Å². The summed E-state index contributed by atoms with van der Waals surface area (Å²) in [6.07, 6.45) is 3.37. The van der Waals surface area contributed by atoms with Gasteiger partial charge in [0.25, 0.3) is 0 Å². The number of anilines is 1. The van der Waals surface area contributed by atoms with E-state index in [-0.39, 0.29) is 0 Å². The lowest BCUT2D eigenvalue weighted by Crippen LogP contribution is -2.22. The lowest BCUT2D eigenvalue weighted by Gasteiger charge is -2.22. The first-order chi connectivity index (χ1) is 8.88. The number of hydrogen-bond acceptors (Lipinski definition) is 3. The predicted molar refractivity (Wildman–Crippen MR) is 74.3 cm³/mol. The normalized spacial score (nSPS) is 16.5.